The Kier molecular flexibility index (Phi) is 3.49. The minimum atomic E-state index is -0.358. The molecule has 0 fully saturated rings. The first-order chi connectivity index (χ1) is 8.09. The lowest BCUT2D eigenvalue weighted by Crippen LogP contribution is -2.13. The Balaban J connectivity index is 2.37. The first-order valence-electron chi connectivity index (χ1n) is 5.42. The summed E-state index contributed by atoms with van der Waals surface area (Å²) in [5, 5.41) is 4.08. The van der Waals surface area contributed by atoms with Crippen LogP contribution in [0, 0.1) is 5.82 Å². The molecule has 0 aliphatic carbocycles. The molecule has 1 unspecified atom stereocenters. The van der Waals surface area contributed by atoms with Gasteiger partial charge in [-0.1, -0.05) is 30.5 Å². The monoisotopic (exact) mass is 251 g/mol. The summed E-state index contributed by atoms with van der Waals surface area (Å²) in [7, 11) is 0. The Bertz CT molecular complexity index is 510. The fraction of sp³-hybridized carbons (Fsp3) is 0.333. The van der Waals surface area contributed by atoms with E-state index in [4.69, 9.17) is 5.73 Å². The second-order valence-corrected chi connectivity index (χ2v) is 5.00. The second-order valence-electron chi connectivity index (χ2n) is 4.21. The van der Waals surface area contributed by atoms with Crippen LogP contribution >= 0.6 is 11.5 Å². The van der Waals surface area contributed by atoms with Crippen molar-refractivity contribution in [3.8, 4) is 0 Å². The molecular weight excluding hydrogens is 237 g/mol. The topological polar surface area (TPSA) is 51.8 Å². The van der Waals surface area contributed by atoms with Crippen LogP contribution in [0.15, 0.2) is 24.3 Å². The first kappa shape index (κ1) is 12.1. The van der Waals surface area contributed by atoms with Crippen LogP contribution in [0.25, 0.3) is 0 Å². The second kappa shape index (κ2) is 4.89. The van der Waals surface area contributed by atoms with E-state index in [9.17, 15) is 4.39 Å². The summed E-state index contributed by atoms with van der Waals surface area (Å²) >= 11 is 1.28. The highest BCUT2D eigenvalue weighted by Gasteiger charge is 2.19. The summed E-state index contributed by atoms with van der Waals surface area (Å²) in [4.78, 5) is 0.908. The van der Waals surface area contributed by atoms with Gasteiger partial charge >= 0.3 is 0 Å². The maximum atomic E-state index is 13.1. The predicted molar refractivity (Wildman–Crippen MR) is 66.4 cm³/mol. The van der Waals surface area contributed by atoms with Crippen LogP contribution in [0.1, 0.15) is 41.9 Å². The van der Waals surface area contributed by atoms with Gasteiger partial charge in [0.25, 0.3) is 0 Å². The average molecular weight is 251 g/mol. The summed E-state index contributed by atoms with van der Waals surface area (Å²) in [6.07, 6.45) is 0. The fourth-order valence-electron chi connectivity index (χ4n) is 1.67. The molecule has 90 valence electrons. The molecule has 0 saturated heterocycles. The number of halogens is 1. The lowest BCUT2D eigenvalue weighted by molar-refractivity contribution is 0.623. The molecule has 1 aromatic carbocycles. The minimum absolute atomic E-state index is 0.267. The van der Waals surface area contributed by atoms with E-state index < -0.39 is 0 Å². The van der Waals surface area contributed by atoms with Crippen LogP contribution in [0.2, 0.25) is 0 Å². The Labute approximate surface area is 104 Å². The van der Waals surface area contributed by atoms with Crippen molar-refractivity contribution >= 4 is 11.5 Å². The van der Waals surface area contributed by atoms with Crippen molar-refractivity contribution in [2.24, 2.45) is 5.73 Å². The molecule has 0 bridgehead atoms. The van der Waals surface area contributed by atoms with E-state index in [0.717, 1.165) is 16.1 Å². The van der Waals surface area contributed by atoms with E-state index in [1.165, 1.54) is 23.7 Å². The first-order valence-corrected chi connectivity index (χ1v) is 6.20. The van der Waals surface area contributed by atoms with Gasteiger partial charge in [0, 0.05) is 0 Å². The molecule has 0 aliphatic heterocycles. The SMILES string of the molecule is CC(C)c1nnsc1C(N)c1cccc(F)c1. The number of nitrogens with zero attached hydrogens (tertiary/aromatic N) is 2. The Hall–Kier alpha value is -1.33. The molecule has 0 saturated carbocycles. The van der Waals surface area contributed by atoms with Crippen LogP contribution in [0.4, 0.5) is 4.39 Å². The van der Waals surface area contributed by atoms with Crippen molar-refractivity contribution in [2.75, 3.05) is 0 Å². The molecule has 1 heterocycles. The van der Waals surface area contributed by atoms with E-state index in [1.807, 2.05) is 19.9 Å². The summed E-state index contributed by atoms with van der Waals surface area (Å²) < 4.78 is 17.1. The van der Waals surface area contributed by atoms with Crippen LogP contribution < -0.4 is 5.73 Å². The molecular formula is C12H14FN3S. The molecule has 2 rings (SSSR count). The maximum Gasteiger partial charge on any atom is 0.123 e. The molecule has 2 aromatic rings. The van der Waals surface area contributed by atoms with Crippen molar-refractivity contribution in [1.29, 1.82) is 0 Å². The molecule has 0 radical (unpaired) electrons. The normalized spacial score (nSPS) is 13.0. The number of aromatic nitrogens is 2. The highest BCUT2D eigenvalue weighted by Crippen LogP contribution is 2.29. The Morgan fingerprint density at radius 3 is 2.76 bits per heavy atom. The van der Waals surface area contributed by atoms with Gasteiger partial charge in [-0.05, 0) is 35.1 Å². The smallest absolute Gasteiger partial charge is 0.123 e. The van der Waals surface area contributed by atoms with E-state index >= 15 is 0 Å². The zero-order valence-electron chi connectivity index (χ0n) is 9.72. The molecule has 1 atom stereocenters. The molecule has 5 heteroatoms. The highest BCUT2D eigenvalue weighted by molar-refractivity contribution is 7.05. The van der Waals surface area contributed by atoms with E-state index in [2.05, 4.69) is 9.59 Å². The van der Waals surface area contributed by atoms with Gasteiger partial charge in [0.15, 0.2) is 0 Å². The molecule has 0 amide bonds. The zero-order chi connectivity index (χ0) is 12.4. The van der Waals surface area contributed by atoms with E-state index in [0.29, 0.717) is 0 Å². The lowest BCUT2D eigenvalue weighted by Gasteiger charge is -2.12. The van der Waals surface area contributed by atoms with Crippen LogP contribution in [-0.2, 0) is 0 Å². The molecule has 2 N–H and O–H groups in total. The van der Waals surface area contributed by atoms with Gasteiger partial charge < -0.3 is 5.73 Å². The minimum Gasteiger partial charge on any atom is -0.319 e. The third-order valence-electron chi connectivity index (χ3n) is 2.58. The van der Waals surface area contributed by atoms with Gasteiger partial charge in [0.05, 0.1) is 16.6 Å². The lowest BCUT2D eigenvalue weighted by atomic mass is 10.0. The molecule has 0 aliphatic rings. The van der Waals surface area contributed by atoms with Crippen molar-refractivity contribution in [1.82, 2.24) is 9.59 Å². The predicted octanol–water partition coefficient (Wildman–Crippen LogP) is 2.85. The molecule has 1 aromatic heterocycles. The van der Waals surface area contributed by atoms with Crippen molar-refractivity contribution in [2.45, 2.75) is 25.8 Å². The summed E-state index contributed by atoms with van der Waals surface area (Å²) in [6, 6.07) is 5.98. The number of rotatable bonds is 3. The van der Waals surface area contributed by atoms with Crippen LogP contribution in [-0.4, -0.2) is 9.59 Å². The summed E-state index contributed by atoms with van der Waals surface area (Å²) in [5.74, 6) is -0.00937. The summed E-state index contributed by atoms with van der Waals surface area (Å²) in [6.45, 7) is 4.08. The Morgan fingerprint density at radius 2 is 2.12 bits per heavy atom. The molecule has 3 nitrogen and oxygen atoms in total. The van der Waals surface area contributed by atoms with Gasteiger partial charge in [-0.3, -0.25) is 0 Å². The van der Waals surface area contributed by atoms with Crippen LogP contribution in [0.5, 0.6) is 0 Å². The van der Waals surface area contributed by atoms with Gasteiger partial charge in [0.2, 0.25) is 0 Å². The third kappa shape index (κ3) is 2.50. The van der Waals surface area contributed by atoms with Crippen LogP contribution in [0.3, 0.4) is 0 Å². The number of hydrogen-bond acceptors (Lipinski definition) is 4. The quantitative estimate of drug-likeness (QED) is 0.912. The van der Waals surface area contributed by atoms with Crippen molar-refractivity contribution in [3.63, 3.8) is 0 Å². The maximum absolute atomic E-state index is 13.1. The van der Waals surface area contributed by atoms with Gasteiger partial charge in [-0.15, -0.1) is 5.10 Å². The van der Waals surface area contributed by atoms with Crippen molar-refractivity contribution < 1.29 is 4.39 Å². The van der Waals surface area contributed by atoms with E-state index in [1.54, 1.807) is 6.07 Å². The van der Waals surface area contributed by atoms with Gasteiger partial charge in [0.1, 0.15) is 5.82 Å². The van der Waals surface area contributed by atoms with Crippen molar-refractivity contribution in [3.05, 3.63) is 46.2 Å². The summed E-state index contributed by atoms with van der Waals surface area (Å²) in [5.41, 5.74) is 7.78. The highest BCUT2D eigenvalue weighted by atomic mass is 32.1. The largest absolute Gasteiger partial charge is 0.319 e. The fourth-order valence-corrected chi connectivity index (χ4v) is 2.51. The standard InChI is InChI=1S/C12H14FN3S/c1-7(2)11-12(17-16-15-11)10(14)8-4-3-5-9(13)6-8/h3-7,10H,14H2,1-2H3. The zero-order valence-corrected chi connectivity index (χ0v) is 10.5. The van der Waals surface area contributed by atoms with E-state index in [-0.39, 0.29) is 17.8 Å². The number of benzene rings is 1. The van der Waals surface area contributed by atoms with Gasteiger partial charge in [-0.25, -0.2) is 4.39 Å². The molecule has 0 spiro atoms. The average Bonchev–Trinajstić information content (AvgIpc) is 2.77. The third-order valence-corrected chi connectivity index (χ3v) is 3.40. The number of hydrogen-bond donors (Lipinski definition) is 1. The molecule has 17 heavy (non-hydrogen) atoms. The Morgan fingerprint density at radius 1 is 1.35 bits per heavy atom. The number of nitrogens with two attached hydrogens (primary N) is 1. The van der Waals surface area contributed by atoms with Gasteiger partial charge in [-0.2, -0.15) is 0 Å².